The number of oxazole rings is 1. The van der Waals surface area contributed by atoms with E-state index in [1.807, 2.05) is 30.3 Å². The first kappa shape index (κ1) is 16.8. The average Bonchev–Trinajstić information content (AvgIpc) is 3.03. The van der Waals surface area contributed by atoms with E-state index in [-0.39, 0.29) is 24.0 Å². The van der Waals surface area contributed by atoms with Gasteiger partial charge >= 0.3 is 0 Å². The molecule has 1 saturated heterocycles. The van der Waals surface area contributed by atoms with Crippen molar-refractivity contribution < 1.29 is 4.42 Å². The highest BCUT2D eigenvalue weighted by Crippen LogP contribution is 2.20. The number of hydrogen-bond donors (Lipinski definition) is 1. The Morgan fingerprint density at radius 3 is 2.64 bits per heavy atom. The Labute approximate surface area is 147 Å². The second-order valence-corrected chi connectivity index (χ2v) is 5.21. The van der Waals surface area contributed by atoms with Crippen molar-refractivity contribution in [3.05, 3.63) is 42.4 Å². The molecule has 2 aromatic rings. The highest BCUT2D eigenvalue weighted by Gasteiger charge is 2.12. The van der Waals surface area contributed by atoms with Crippen LogP contribution in [-0.4, -0.2) is 28.9 Å². The molecule has 0 saturated carbocycles. The van der Waals surface area contributed by atoms with E-state index in [2.05, 4.69) is 14.9 Å². The molecule has 0 radical (unpaired) electrons. The van der Waals surface area contributed by atoms with E-state index >= 15 is 0 Å². The SMILES string of the molecule is I.NC(=NCc1ncc(-c2ccccc2)o1)N1CCCCC1. The van der Waals surface area contributed by atoms with Crippen LogP contribution in [0.4, 0.5) is 0 Å². The number of aromatic nitrogens is 1. The Hall–Kier alpha value is -1.57. The van der Waals surface area contributed by atoms with Crippen LogP contribution < -0.4 is 5.73 Å². The topological polar surface area (TPSA) is 67.6 Å². The highest BCUT2D eigenvalue weighted by atomic mass is 127. The van der Waals surface area contributed by atoms with Gasteiger partial charge in [-0.1, -0.05) is 30.3 Å². The molecule has 0 atom stereocenters. The lowest BCUT2D eigenvalue weighted by Crippen LogP contribution is -2.40. The Balaban J connectivity index is 0.00000176. The van der Waals surface area contributed by atoms with Crippen molar-refractivity contribution in [2.45, 2.75) is 25.8 Å². The second kappa shape index (κ2) is 8.17. The third-order valence-electron chi connectivity index (χ3n) is 3.67. The predicted octanol–water partition coefficient (Wildman–Crippen LogP) is 3.26. The number of benzene rings is 1. The summed E-state index contributed by atoms with van der Waals surface area (Å²) in [5.74, 6) is 1.94. The zero-order valence-electron chi connectivity index (χ0n) is 12.4. The monoisotopic (exact) mass is 412 g/mol. The normalized spacial score (nSPS) is 15.5. The maximum Gasteiger partial charge on any atom is 0.216 e. The van der Waals surface area contributed by atoms with Crippen molar-refractivity contribution in [3.8, 4) is 11.3 Å². The molecule has 2 N–H and O–H groups in total. The van der Waals surface area contributed by atoms with Crippen molar-refractivity contribution in [2.75, 3.05) is 13.1 Å². The third-order valence-corrected chi connectivity index (χ3v) is 3.67. The number of nitrogens with two attached hydrogens (primary N) is 1. The Bertz CT molecular complexity index is 606. The summed E-state index contributed by atoms with van der Waals surface area (Å²) in [7, 11) is 0. The van der Waals surface area contributed by atoms with Gasteiger partial charge in [0.05, 0.1) is 6.20 Å². The first-order valence-electron chi connectivity index (χ1n) is 7.38. The number of likely N-dealkylation sites (tertiary alicyclic amines) is 1. The third kappa shape index (κ3) is 4.22. The summed E-state index contributed by atoms with van der Waals surface area (Å²) in [6.07, 6.45) is 5.39. The van der Waals surface area contributed by atoms with Crippen LogP contribution in [-0.2, 0) is 6.54 Å². The van der Waals surface area contributed by atoms with Crippen molar-refractivity contribution in [1.82, 2.24) is 9.88 Å². The van der Waals surface area contributed by atoms with E-state index in [0.717, 1.165) is 24.4 Å². The molecule has 1 aromatic heterocycles. The summed E-state index contributed by atoms with van der Waals surface area (Å²) in [5, 5.41) is 0. The van der Waals surface area contributed by atoms with E-state index in [1.54, 1.807) is 6.20 Å². The van der Waals surface area contributed by atoms with Gasteiger partial charge in [0.15, 0.2) is 11.7 Å². The number of piperidine rings is 1. The average molecular weight is 412 g/mol. The molecule has 1 aliphatic rings. The fraction of sp³-hybridized carbons (Fsp3) is 0.375. The van der Waals surface area contributed by atoms with Crippen LogP contribution in [0.15, 0.2) is 45.9 Å². The molecule has 1 fully saturated rings. The van der Waals surface area contributed by atoms with Crippen LogP contribution in [0.2, 0.25) is 0 Å². The summed E-state index contributed by atoms with van der Waals surface area (Å²) in [6.45, 7) is 2.38. The lowest BCUT2D eigenvalue weighted by atomic mass is 10.1. The van der Waals surface area contributed by atoms with Crippen LogP contribution in [0, 0.1) is 0 Å². The Kier molecular flexibility index (Phi) is 6.23. The minimum Gasteiger partial charge on any atom is -0.439 e. The molecular formula is C16H21IN4O. The van der Waals surface area contributed by atoms with E-state index in [9.17, 15) is 0 Å². The van der Waals surface area contributed by atoms with Crippen molar-refractivity contribution >= 4 is 29.9 Å². The molecule has 0 spiro atoms. The van der Waals surface area contributed by atoms with E-state index in [0.29, 0.717) is 18.4 Å². The van der Waals surface area contributed by atoms with Crippen LogP contribution >= 0.6 is 24.0 Å². The first-order chi connectivity index (χ1) is 10.3. The standard InChI is InChI=1S/C16H20N4O.HI/c17-16(20-9-5-2-6-10-20)19-12-15-18-11-14(21-15)13-7-3-1-4-8-13;/h1,3-4,7-8,11H,2,5-6,9-10,12H2,(H2,17,19);1H. The summed E-state index contributed by atoms with van der Waals surface area (Å²) < 4.78 is 5.72. The lowest BCUT2D eigenvalue weighted by Gasteiger charge is -2.27. The molecule has 0 unspecified atom stereocenters. The largest absolute Gasteiger partial charge is 0.439 e. The fourth-order valence-corrected chi connectivity index (χ4v) is 2.49. The molecule has 2 heterocycles. The zero-order valence-corrected chi connectivity index (χ0v) is 14.8. The fourth-order valence-electron chi connectivity index (χ4n) is 2.49. The van der Waals surface area contributed by atoms with Gasteiger partial charge in [0.25, 0.3) is 0 Å². The van der Waals surface area contributed by atoms with E-state index < -0.39 is 0 Å². The van der Waals surface area contributed by atoms with Crippen molar-refractivity contribution in [1.29, 1.82) is 0 Å². The van der Waals surface area contributed by atoms with Crippen LogP contribution in [0.3, 0.4) is 0 Å². The number of hydrogen-bond acceptors (Lipinski definition) is 3. The van der Waals surface area contributed by atoms with Gasteiger partial charge in [-0.15, -0.1) is 24.0 Å². The summed E-state index contributed by atoms with van der Waals surface area (Å²) in [4.78, 5) is 10.8. The molecule has 6 heteroatoms. The molecule has 3 rings (SSSR count). The van der Waals surface area contributed by atoms with Crippen molar-refractivity contribution in [3.63, 3.8) is 0 Å². The summed E-state index contributed by atoms with van der Waals surface area (Å²) in [6, 6.07) is 9.92. The summed E-state index contributed by atoms with van der Waals surface area (Å²) in [5.41, 5.74) is 7.04. The number of guanidine groups is 1. The maximum absolute atomic E-state index is 6.02. The van der Waals surface area contributed by atoms with Gasteiger partial charge in [-0.2, -0.15) is 0 Å². The highest BCUT2D eigenvalue weighted by molar-refractivity contribution is 14.0. The van der Waals surface area contributed by atoms with Gasteiger partial charge in [0, 0.05) is 18.7 Å². The molecule has 5 nitrogen and oxygen atoms in total. The van der Waals surface area contributed by atoms with E-state index in [4.69, 9.17) is 10.2 Å². The van der Waals surface area contributed by atoms with Gasteiger partial charge in [-0.05, 0) is 19.3 Å². The molecule has 1 aromatic carbocycles. The molecule has 0 aliphatic carbocycles. The lowest BCUT2D eigenvalue weighted by molar-refractivity contribution is 0.337. The van der Waals surface area contributed by atoms with Crippen LogP contribution in [0.5, 0.6) is 0 Å². The van der Waals surface area contributed by atoms with Crippen molar-refractivity contribution in [2.24, 2.45) is 10.7 Å². The number of rotatable bonds is 3. The summed E-state index contributed by atoms with van der Waals surface area (Å²) >= 11 is 0. The predicted molar refractivity (Wildman–Crippen MR) is 98.1 cm³/mol. The van der Waals surface area contributed by atoms with Gasteiger partial charge in [-0.25, -0.2) is 9.98 Å². The smallest absolute Gasteiger partial charge is 0.216 e. The van der Waals surface area contributed by atoms with Crippen LogP contribution in [0.1, 0.15) is 25.2 Å². The molecule has 0 bridgehead atoms. The molecule has 22 heavy (non-hydrogen) atoms. The quantitative estimate of drug-likeness (QED) is 0.478. The molecular weight excluding hydrogens is 391 g/mol. The van der Waals surface area contributed by atoms with Gasteiger partial charge in [-0.3, -0.25) is 0 Å². The zero-order chi connectivity index (χ0) is 14.5. The van der Waals surface area contributed by atoms with Crippen LogP contribution in [0.25, 0.3) is 11.3 Å². The molecule has 118 valence electrons. The Morgan fingerprint density at radius 1 is 1.18 bits per heavy atom. The van der Waals surface area contributed by atoms with Gasteiger partial charge < -0.3 is 15.1 Å². The Morgan fingerprint density at radius 2 is 1.91 bits per heavy atom. The number of aliphatic imine (C=N–C) groups is 1. The molecule has 1 aliphatic heterocycles. The minimum atomic E-state index is 0. The van der Waals surface area contributed by atoms with Gasteiger partial charge in [0.2, 0.25) is 5.89 Å². The second-order valence-electron chi connectivity index (χ2n) is 5.21. The number of halogens is 1. The van der Waals surface area contributed by atoms with E-state index in [1.165, 1.54) is 19.3 Å². The minimum absolute atomic E-state index is 0. The van der Waals surface area contributed by atoms with Gasteiger partial charge in [0.1, 0.15) is 6.54 Å². The number of nitrogens with zero attached hydrogens (tertiary/aromatic N) is 3. The maximum atomic E-state index is 6.02. The first-order valence-corrected chi connectivity index (χ1v) is 7.38. The molecule has 0 amide bonds.